The molecule has 0 unspecified atom stereocenters. The van der Waals surface area contributed by atoms with Crippen molar-refractivity contribution in [1.82, 2.24) is 14.7 Å². The first-order valence-corrected chi connectivity index (χ1v) is 7.35. The third-order valence-corrected chi connectivity index (χ3v) is 3.94. The predicted octanol–water partition coefficient (Wildman–Crippen LogP) is 3.29. The molecule has 0 spiro atoms. The van der Waals surface area contributed by atoms with Crippen molar-refractivity contribution in [3.63, 3.8) is 0 Å². The summed E-state index contributed by atoms with van der Waals surface area (Å²) in [5.74, 6) is -0.0878. The minimum Gasteiger partial charge on any atom is -0.342 e. The lowest BCUT2D eigenvalue weighted by Crippen LogP contribution is -2.26. The van der Waals surface area contributed by atoms with Gasteiger partial charge in [-0.05, 0) is 26.3 Å². The van der Waals surface area contributed by atoms with Gasteiger partial charge in [-0.25, -0.2) is 4.68 Å². The Labute approximate surface area is 130 Å². The summed E-state index contributed by atoms with van der Waals surface area (Å²) in [7, 11) is 1.76. The van der Waals surface area contributed by atoms with Gasteiger partial charge in [0.25, 0.3) is 5.91 Å². The molecule has 0 saturated carbocycles. The Balaban J connectivity index is 2.30. The van der Waals surface area contributed by atoms with Gasteiger partial charge >= 0.3 is 0 Å². The Morgan fingerprint density at radius 1 is 1.29 bits per heavy atom. The van der Waals surface area contributed by atoms with Crippen LogP contribution in [0.15, 0.2) is 24.3 Å². The molecule has 2 rings (SSSR count). The van der Waals surface area contributed by atoms with E-state index in [1.807, 2.05) is 32.9 Å². The molecule has 1 aromatic carbocycles. The molecule has 1 amide bonds. The van der Waals surface area contributed by atoms with Crippen molar-refractivity contribution in [2.24, 2.45) is 0 Å². The van der Waals surface area contributed by atoms with Gasteiger partial charge in [-0.1, -0.05) is 41.4 Å². The summed E-state index contributed by atoms with van der Waals surface area (Å²) in [6.07, 6.45) is 0. The Kier molecular flexibility index (Phi) is 4.68. The molecule has 0 saturated heterocycles. The maximum absolute atomic E-state index is 12.3. The quantitative estimate of drug-likeness (QED) is 0.869. The standard InChI is InChI=1S/C16H20ClN3O/c1-5-19(4)16(21)14-12(3)18-20(15(14)17)10-13-8-6-11(2)7-9-13/h6-9H,5,10H2,1-4H3. The van der Waals surface area contributed by atoms with Crippen LogP contribution in [0, 0.1) is 13.8 Å². The van der Waals surface area contributed by atoms with Crippen LogP contribution in [0.3, 0.4) is 0 Å². The van der Waals surface area contributed by atoms with Crippen molar-refractivity contribution in [3.05, 3.63) is 51.8 Å². The van der Waals surface area contributed by atoms with E-state index >= 15 is 0 Å². The summed E-state index contributed by atoms with van der Waals surface area (Å²) < 4.78 is 1.68. The molecule has 0 bridgehead atoms. The van der Waals surface area contributed by atoms with Gasteiger partial charge in [-0.2, -0.15) is 5.10 Å². The largest absolute Gasteiger partial charge is 0.342 e. The fourth-order valence-electron chi connectivity index (χ4n) is 2.10. The Morgan fingerprint density at radius 3 is 2.48 bits per heavy atom. The van der Waals surface area contributed by atoms with Crippen molar-refractivity contribution < 1.29 is 4.79 Å². The van der Waals surface area contributed by atoms with E-state index in [1.54, 1.807) is 16.6 Å². The number of nitrogens with zero attached hydrogens (tertiary/aromatic N) is 3. The molecule has 0 N–H and O–H groups in total. The zero-order chi connectivity index (χ0) is 15.6. The predicted molar refractivity (Wildman–Crippen MR) is 84.9 cm³/mol. The van der Waals surface area contributed by atoms with Crippen LogP contribution >= 0.6 is 11.6 Å². The van der Waals surface area contributed by atoms with Crippen LogP contribution in [0.1, 0.15) is 34.1 Å². The van der Waals surface area contributed by atoms with Crippen molar-refractivity contribution in [3.8, 4) is 0 Å². The average Bonchev–Trinajstić information content (AvgIpc) is 2.74. The third-order valence-electron chi connectivity index (χ3n) is 3.55. The monoisotopic (exact) mass is 305 g/mol. The van der Waals surface area contributed by atoms with E-state index in [9.17, 15) is 4.79 Å². The highest BCUT2D eigenvalue weighted by molar-refractivity contribution is 6.33. The highest BCUT2D eigenvalue weighted by Crippen LogP contribution is 2.22. The molecule has 5 heteroatoms. The first-order chi connectivity index (χ1) is 9.93. The fraction of sp³-hybridized carbons (Fsp3) is 0.375. The van der Waals surface area contributed by atoms with E-state index in [2.05, 4.69) is 17.2 Å². The van der Waals surface area contributed by atoms with E-state index in [1.165, 1.54) is 5.56 Å². The molecule has 0 aliphatic rings. The molecular formula is C16H20ClN3O. The van der Waals surface area contributed by atoms with Crippen LogP contribution in [0.2, 0.25) is 5.15 Å². The Morgan fingerprint density at radius 2 is 1.90 bits per heavy atom. The topological polar surface area (TPSA) is 38.1 Å². The summed E-state index contributed by atoms with van der Waals surface area (Å²) in [5.41, 5.74) is 3.47. The Hall–Kier alpha value is -1.81. The molecule has 0 fully saturated rings. The molecule has 0 radical (unpaired) electrons. The number of halogens is 1. The van der Waals surface area contributed by atoms with Gasteiger partial charge in [0.15, 0.2) is 0 Å². The molecule has 0 aliphatic carbocycles. The molecule has 1 aromatic heterocycles. The zero-order valence-electron chi connectivity index (χ0n) is 12.9. The second kappa shape index (κ2) is 6.31. The zero-order valence-corrected chi connectivity index (χ0v) is 13.6. The summed E-state index contributed by atoms with van der Waals surface area (Å²) >= 11 is 6.36. The van der Waals surface area contributed by atoms with Gasteiger partial charge in [0.1, 0.15) is 5.15 Å². The minimum absolute atomic E-state index is 0.0878. The molecule has 4 nitrogen and oxygen atoms in total. The second-order valence-electron chi connectivity index (χ2n) is 5.21. The smallest absolute Gasteiger partial charge is 0.258 e. The number of aromatic nitrogens is 2. The average molecular weight is 306 g/mol. The van der Waals surface area contributed by atoms with Crippen LogP contribution in [0.4, 0.5) is 0 Å². The fourth-order valence-corrected chi connectivity index (χ4v) is 2.42. The van der Waals surface area contributed by atoms with Crippen LogP contribution in [0.5, 0.6) is 0 Å². The number of amides is 1. The van der Waals surface area contributed by atoms with Crippen molar-refractivity contribution in [1.29, 1.82) is 0 Å². The van der Waals surface area contributed by atoms with Crippen LogP contribution < -0.4 is 0 Å². The third kappa shape index (κ3) is 3.27. The SMILES string of the molecule is CCN(C)C(=O)c1c(C)nn(Cc2ccc(C)cc2)c1Cl. The highest BCUT2D eigenvalue weighted by atomic mass is 35.5. The Bertz CT molecular complexity index is 646. The summed E-state index contributed by atoms with van der Waals surface area (Å²) in [6.45, 7) is 6.99. The molecule has 2 aromatic rings. The number of carbonyl (C=O) groups is 1. The highest BCUT2D eigenvalue weighted by Gasteiger charge is 2.22. The van der Waals surface area contributed by atoms with Crippen LogP contribution in [0.25, 0.3) is 0 Å². The molecule has 112 valence electrons. The van der Waals surface area contributed by atoms with E-state index in [0.717, 1.165) is 5.56 Å². The first-order valence-electron chi connectivity index (χ1n) is 6.98. The van der Waals surface area contributed by atoms with Gasteiger partial charge in [0.05, 0.1) is 17.8 Å². The lowest BCUT2D eigenvalue weighted by Gasteiger charge is -2.14. The molecule has 1 heterocycles. The molecule has 0 aliphatic heterocycles. The number of rotatable bonds is 4. The van der Waals surface area contributed by atoms with Crippen molar-refractivity contribution >= 4 is 17.5 Å². The summed E-state index contributed by atoms with van der Waals surface area (Å²) in [5, 5.41) is 4.80. The second-order valence-corrected chi connectivity index (χ2v) is 5.57. The maximum Gasteiger partial charge on any atom is 0.258 e. The summed E-state index contributed by atoms with van der Waals surface area (Å²) in [4.78, 5) is 13.9. The first kappa shape index (κ1) is 15.6. The number of hydrogen-bond acceptors (Lipinski definition) is 2. The van der Waals surface area contributed by atoms with Crippen LogP contribution in [-0.4, -0.2) is 34.2 Å². The van der Waals surface area contributed by atoms with E-state index in [-0.39, 0.29) is 5.91 Å². The van der Waals surface area contributed by atoms with E-state index in [4.69, 9.17) is 11.6 Å². The number of benzene rings is 1. The lowest BCUT2D eigenvalue weighted by atomic mass is 10.1. The van der Waals surface area contributed by atoms with Gasteiger partial charge in [-0.3, -0.25) is 4.79 Å². The minimum atomic E-state index is -0.0878. The van der Waals surface area contributed by atoms with E-state index < -0.39 is 0 Å². The number of carbonyl (C=O) groups excluding carboxylic acids is 1. The van der Waals surface area contributed by atoms with Gasteiger partial charge in [0.2, 0.25) is 0 Å². The number of hydrogen-bond donors (Lipinski definition) is 0. The number of aryl methyl sites for hydroxylation is 2. The molecule has 21 heavy (non-hydrogen) atoms. The van der Waals surface area contributed by atoms with Crippen LogP contribution in [-0.2, 0) is 6.54 Å². The van der Waals surface area contributed by atoms with Crippen molar-refractivity contribution in [2.75, 3.05) is 13.6 Å². The van der Waals surface area contributed by atoms with Gasteiger partial charge in [0, 0.05) is 13.6 Å². The van der Waals surface area contributed by atoms with Gasteiger partial charge < -0.3 is 4.90 Å². The van der Waals surface area contributed by atoms with Crippen molar-refractivity contribution in [2.45, 2.75) is 27.3 Å². The lowest BCUT2D eigenvalue weighted by molar-refractivity contribution is 0.0802. The normalized spacial score (nSPS) is 10.7. The maximum atomic E-state index is 12.3. The van der Waals surface area contributed by atoms with E-state index in [0.29, 0.717) is 29.5 Å². The summed E-state index contributed by atoms with van der Waals surface area (Å²) in [6, 6.07) is 8.19. The molecule has 0 atom stereocenters. The molecular weight excluding hydrogens is 286 g/mol. The van der Waals surface area contributed by atoms with Gasteiger partial charge in [-0.15, -0.1) is 0 Å².